The lowest BCUT2D eigenvalue weighted by molar-refractivity contribution is 0.0282. The van der Waals surface area contributed by atoms with Gasteiger partial charge in [-0.15, -0.1) is 0 Å². The van der Waals surface area contributed by atoms with E-state index >= 15 is 0 Å². The first-order valence-electron chi connectivity index (χ1n) is 8.05. The summed E-state index contributed by atoms with van der Waals surface area (Å²) in [6.07, 6.45) is 2.86. The number of benzene rings is 1. The molecule has 0 bridgehead atoms. The molecule has 1 aromatic carbocycles. The van der Waals surface area contributed by atoms with E-state index in [-0.39, 0.29) is 23.9 Å². The molecular formula is C17H16N4O4S. The monoisotopic (exact) mass is 372 g/mol. The minimum Gasteiger partial charge on any atom is -0.378 e. The Kier molecular flexibility index (Phi) is 4.49. The summed E-state index contributed by atoms with van der Waals surface area (Å²) >= 11 is 0. The van der Waals surface area contributed by atoms with Crippen LogP contribution in [0.4, 0.5) is 0 Å². The van der Waals surface area contributed by atoms with Gasteiger partial charge in [-0.05, 0) is 24.3 Å². The molecule has 2 aromatic heterocycles. The molecule has 0 saturated carbocycles. The van der Waals surface area contributed by atoms with Crippen molar-refractivity contribution >= 4 is 10.0 Å². The first-order chi connectivity index (χ1) is 12.7. The molecule has 8 nitrogen and oxygen atoms in total. The molecule has 3 heterocycles. The molecule has 4 rings (SSSR count). The normalized spacial score (nSPS) is 18.7. The van der Waals surface area contributed by atoms with Crippen LogP contribution in [0.3, 0.4) is 0 Å². The second-order valence-electron chi connectivity index (χ2n) is 5.72. The molecule has 26 heavy (non-hydrogen) atoms. The number of ether oxygens (including phenoxy) is 1. The molecule has 0 radical (unpaired) electrons. The van der Waals surface area contributed by atoms with Gasteiger partial charge in [0, 0.05) is 24.5 Å². The topological polar surface area (TPSA) is 98.4 Å². The lowest BCUT2D eigenvalue weighted by Gasteiger charge is -2.32. The summed E-state index contributed by atoms with van der Waals surface area (Å²) in [6.45, 7) is 0.670. The van der Waals surface area contributed by atoms with Crippen LogP contribution in [0.25, 0.3) is 11.5 Å². The van der Waals surface area contributed by atoms with E-state index in [9.17, 15) is 8.42 Å². The van der Waals surface area contributed by atoms with Gasteiger partial charge in [-0.25, -0.2) is 8.42 Å². The van der Waals surface area contributed by atoms with Crippen LogP contribution in [-0.4, -0.2) is 47.6 Å². The minimum atomic E-state index is -3.75. The second kappa shape index (κ2) is 6.94. The summed E-state index contributed by atoms with van der Waals surface area (Å²) < 4.78 is 38.1. The van der Waals surface area contributed by atoms with Crippen molar-refractivity contribution < 1.29 is 17.7 Å². The summed E-state index contributed by atoms with van der Waals surface area (Å²) in [5.41, 5.74) is 0.768. The molecule has 1 saturated heterocycles. The fourth-order valence-electron chi connectivity index (χ4n) is 2.78. The minimum absolute atomic E-state index is 0.124. The summed E-state index contributed by atoms with van der Waals surface area (Å²) in [5.74, 6) is 0.612. The van der Waals surface area contributed by atoms with Crippen molar-refractivity contribution in [1.82, 2.24) is 19.4 Å². The van der Waals surface area contributed by atoms with Crippen LogP contribution in [0.1, 0.15) is 11.9 Å². The highest BCUT2D eigenvalue weighted by Crippen LogP contribution is 2.29. The summed E-state index contributed by atoms with van der Waals surface area (Å²) in [6, 6.07) is 11.7. The Bertz CT molecular complexity index is 976. The third-order valence-corrected chi connectivity index (χ3v) is 5.97. The van der Waals surface area contributed by atoms with Crippen molar-refractivity contribution in [3.05, 3.63) is 60.7 Å². The number of nitrogens with zero attached hydrogens (tertiary/aromatic N) is 4. The lowest BCUT2D eigenvalue weighted by Crippen LogP contribution is -2.43. The van der Waals surface area contributed by atoms with E-state index in [0.717, 1.165) is 5.56 Å². The van der Waals surface area contributed by atoms with E-state index in [1.807, 2.05) is 30.3 Å². The van der Waals surface area contributed by atoms with E-state index in [0.29, 0.717) is 12.5 Å². The van der Waals surface area contributed by atoms with Crippen molar-refractivity contribution in [2.45, 2.75) is 10.9 Å². The lowest BCUT2D eigenvalue weighted by atomic mass is 10.2. The average molecular weight is 372 g/mol. The van der Waals surface area contributed by atoms with Crippen LogP contribution in [0.5, 0.6) is 0 Å². The maximum Gasteiger partial charge on any atom is 0.257 e. The molecule has 1 atom stereocenters. The molecule has 0 spiro atoms. The van der Waals surface area contributed by atoms with Crippen molar-refractivity contribution in [2.24, 2.45) is 0 Å². The Balaban J connectivity index is 1.68. The number of aromatic nitrogens is 3. The Morgan fingerprint density at radius 2 is 1.96 bits per heavy atom. The maximum atomic E-state index is 13.0. The van der Waals surface area contributed by atoms with Crippen LogP contribution in [0.2, 0.25) is 0 Å². The molecule has 1 unspecified atom stereocenters. The molecule has 0 aliphatic carbocycles. The summed E-state index contributed by atoms with van der Waals surface area (Å²) in [7, 11) is -3.75. The van der Waals surface area contributed by atoms with E-state index in [1.54, 1.807) is 6.07 Å². The van der Waals surface area contributed by atoms with Gasteiger partial charge in [-0.3, -0.25) is 4.98 Å². The number of hydrogen-bond donors (Lipinski definition) is 0. The van der Waals surface area contributed by atoms with Gasteiger partial charge in [0.15, 0.2) is 5.82 Å². The number of morpholine rings is 1. The van der Waals surface area contributed by atoms with Gasteiger partial charge < -0.3 is 9.26 Å². The second-order valence-corrected chi connectivity index (χ2v) is 7.61. The standard InChI is InChI=1S/C17H16N4O4S/c22-26(23,14-7-4-8-18-11-14)21-9-10-24-12-15(21)16-19-17(25-20-16)13-5-2-1-3-6-13/h1-8,11,15H,9-10,12H2. The van der Waals surface area contributed by atoms with Gasteiger partial charge in [0.25, 0.3) is 5.89 Å². The van der Waals surface area contributed by atoms with Gasteiger partial charge in [-0.2, -0.15) is 9.29 Å². The number of pyridine rings is 1. The van der Waals surface area contributed by atoms with Gasteiger partial charge >= 0.3 is 0 Å². The summed E-state index contributed by atoms with van der Waals surface area (Å²) in [4.78, 5) is 8.41. The van der Waals surface area contributed by atoms with Gasteiger partial charge in [0.2, 0.25) is 10.0 Å². The van der Waals surface area contributed by atoms with Gasteiger partial charge in [0.1, 0.15) is 10.9 Å². The fraction of sp³-hybridized carbons (Fsp3) is 0.235. The van der Waals surface area contributed by atoms with Crippen molar-refractivity contribution in [3.8, 4) is 11.5 Å². The number of sulfonamides is 1. The Hall–Kier alpha value is -2.62. The maximum absolute atomic E-state index is 13.0. The SMILES string of the molecule is O=S(=O)(c1cccnc1)N1CCOCC1c1noc(-c2ccccc2)n1. The molecule has 0 N–H and O–H groups in total. The van der Waals surface area contributed by atoms with Gasteiger partial charge in [0.05, 0.1) is 13.2 Å². The Morgan fingerprint density at radius 1 is 1.12 bits per heavy atom. The van der Waals surface area contributed by atoms with Crippen LogP contribution in [0, 0.1) is 0 Å². The molecule has 0 amide bonds. The zero-order valence-electron chi connectivity index (χ0n) is 13.7. The molecule has 9 heteroatoms. The van der Waals surface area contributed by atoms with E-state index in [2.05, 4.69) is 15.1 Å². The number of hydrogen-bond acceptors (Lipinski definition) is 7. The molecule has 1 aliphatic rings. The Morgan fingerprint density at radius 3 is 2.73 bits per heavy atom. The third kappa shape index (κ3) is 3.12. The quantitative estimate of drug-likeness (QED) is 0.690. The van der Waals surface area contributed by atoms with Crippen LogP contribution in [-0.2, 0) is 14.8 Å². The molecule has 1 aliphatic heterocycles. The first-order valence-corrected chi connectivity index (χ1v) is 9.49. The predicted molar refractivity (Wildman–Crippen MR) is 91.4 cm³/mol. The molecule has 134 valence electrons. The summed E-state index contributed by atoms with van der Waals surface area (Å²) in [5, 5.41) is 3.99. The average Bonchev–Trinajstić information content (AvgIpc) is 3.19. The van der Waals surface area contributed by atoms with Gasteiger partial charge in [-0.1, -0.05) is 23.4 Å². The molecule has 1 fully saturated rings. The highest BCUT2D eigenvalue weighted by Gasteiger charge is 2.38. The Labute approximate surface area is 150 Å². The number of rotatable bonds is 4. The van der Waals surface area contributed by atoms with Crippen molar-refractivity contribution in [3.63, 3.8) is 0 Å². The first kappa shape index (κ1) is 16.8. The van der Waals surface area contributed by atoms with E-state index in [1.165, 1.54) is 22.8 Å². The smallest absolute Gasteiger partial charge is 0.257 e. The predicted octanol–water partition coefficient (Wildman–Crippen LogP) is 1.89. The molecule has 3 aromatic rings. The van der Waals surface area contributed by atoms with Crippen molar-refractivity contribution in [2.75, 3.05) is 19.8 Å². The van der Waals surface area contributed by atoms with Crippen molar-refractivity contribution in [1.29, 1.82) is 0 Å². The highest BCUT2D eigenvalue weighted by molar-refractivity contribution is 7.89. The van der Waals surface area contributed by atoms with Crippen LogP contribution >= 0.6 is 0 Å². The van der Waals surface area contributed by atoms with Crippen LogP contribution < -0.4 is 0 Å². The zero-order chi connectivity index (χ0) is 18.0. The fourth-order valence-corrected chi connectivity index (χ4v) is 4.30. The third-order valence-electron chi connectivity index (χ3n) is 4.08. The largest absolute Gasteiger partial charge is 0.378 e. The van der Waals surface area contributed by atoms with E-state index < -0.39 is 16.1 Å². The van der Waals surface area contributed by atoms with E-state index in [4.69, 9.17) is 9.26 Å². The highest BCUT2D eigenvalue weighted by atomic mass is 32.2. The van der Waals surface area contributed by atoms with Crippen LogP contribution in [0.15, 0.2) is 64.3 Å². The zero-order valence-corrected chi connectivity index (χ0v) is 14.5. The molecular weight excluding hydrogens is 356 g/mol.